The van der Waals surface area contributed by atoms with Crippen molar-refractivity contribution in [1.29, 1.82) is 0 Å². The fourth-order valence-electron chi connectivity index (χ4n) is 1.17. The van der Waals surface area contributed by atoms with Gasteiger partial charge >= 0.3 is 0 Å². The molecular formula is C11H25NO2. The third kappa shape index (κ3) is 8.48. The van der Waals surface area contributed by atoms with E-state index in [2.05, 4.69) is 33.0 Å². The molecule has 0 spiro atoms. The number of hydrogen-bond donors (Lipinski definition) is 1. The summed E-state index contributed by atoms with van der Waals surface area (Å²) in [6.07, 6.45) is 0.385. The van der Waals surface area contributed by atoms with Crippen molar-refractivity contribution in [3.63, 3.8) is 0 Å². The largest absolute Gasteiger partial charge is 0.382 e. The Labute approximate surface area is 88.2 Å². The van der Waals surface area contributed by atoms with E-state index < -0.39 is 0 Å². The minimum absolute atomic E-state index is 0.155. The second-order valence-corrected chi connectivity index (χ2v) is 4.84. The SMILES string of the molecule is COCC(C)OC(C)CNC(C)(C)C. The van der Waals surface area contributed by atoms with Gasteiger partial charge in [-0.25, -0.2) is 0 Å². The van der Waals surface area contributed by atoms with Crippen molar-refractivity contribution in [1.82, 2.24) is 5.32 Å². The lowest BCUT2D eigenvalue weighted by molar-refractivity contribution is -0.0317. The van der Waals surface area contributed by atoms with Crippen LogP contribution in [0, 0.1) is 0 Å². The van der Waals surface area contributed by atoms with E-state index in [-0.39, 0.29) is 17.7 Å². The van der Waals surface area contributed by atoms with Gasteiger partial charge in [-0.2, -0.15) is 0 Å². The number of methoxy groups -OCH3 is 1. The third-order valence-electron chi connectivity index (χ3n) is 1.79. The molecule has 2 atom stereocenters. The summed E-state index contributed by atoms with van der Waals surface area (Å²) < 4.78 is 10.7. The molecule has 0 aliphatic heterocycles. The van der Waals surface area contributed by atoms with E-state index in [9.17, 15) is 0 Å². The molecule has 1 N–H and O–H groups in total. The molecule has 0 saturated carbocycles. The predicted molar refractivity (Wildman–Crippen MR) is 59.6 cm³/mol. The van der Waals surface area contributed by atoms with Gasteiger partial charge in [0.25, 0.3) is 0 Å². The normalized spacial score (nSPS) is 16.7. The first-order valence-corrected chi connectivity index (χ1v) is 5.24. The van der Waals surface area contributed by atoms with E-state index in [1.54, 1.807) is 7.11 Å². The molecule has 86 valence electrons. The Morgan fingerprint density at radius 3 is 2.14 bits per heavy atom. The predicted octanol–water partition coefficient (Wildman–Crippen LogP) is 1.81. The minimum Gasteiger partial charge on any atom is -0.382 e. The minimum atomic E-state index is 0.155. The Kier molecular flexibility index (Phi) is 6.33. The summed E-state index contributed by atoms with van der Waals surface area (Å²) in [5.74, 6) is 0. The zero-order valence-electron chi connectivity index (χ0n) is 10.4. The van der Waals surface area contributed by atoms with Crippen LogP contribution in [0.15, 0.2) is 0 Å². The summed E-state index contributed by atoms with van der Waals surface area (Å²) >= 11 is 0. The first-order valence-electron chi connectivity index (χ1n) is 5.24. The number of ether oxygens (including phenoxy) is 2. The lowest BCUT2D eigenvalue weighted by atomic mass is 10.1. The van der Waals surface area contributed by atoms with Crippen LogP contribution >= 0.6 is 0 Å². The quantitative estimate of drug-likeness (QED) is 0.714. The van der Waals surface area contributed by atoms with Crippen LogP contribution in [0.2, 0.25) is 0 Å². The molecular weight excluding hydrogens is 178 g/mol. The van der Waals surface area contributed by atoms with Gasteiger partial charge in [-0.3, -0.25) is 0 Å². The fourth-order valence-corrected chi connectivity index (χ4v) is 1.17. The van der Waals surface area contributed by atoms with Gasteiger partial charge in [0.2, 0.25) is 0 Å². The van der Waals surface area contributed by atoms with Crippen LogP contribution in [0.5, 0.6) is 0 Å². The van der Waals surface area contributed by atoms with Crippen LogP contribution in [-0.4, -0.2) is 38.0 Å². The van der Waals surface area contributed by atoms with Crippen molar-refractivity contribution < 1.29 is 9.47 Å². The Morgan fingerprint density at radius 2 is 1.71 bits per heavy atom. The maximum absolute atomic E-state index is 5.70. The van der Waals surface area contributed by atoms with Crippen molar-refractivity contribution in [2.45, 2.75) is 52.4 Å². The molecule has 0 bridgehead atoms. The van der Waals surface area contributed by atoms with Crippen molar-refractivity contribution in [2.75, 3.05) is 20.3 Å². The molecule has 0 fully saturated rings. The number of rotatable bonds is 6. The van der Waals surface area contributed by atoms with Crippen LogP contribution in [-0.2, 0) is 9.47 Å². The molecule has 0 saturated heterocycles. The topological polar surface area (TPSA) is 30.5 Å². The number of nitrogens with one attached hydrogen (secondary N) is 1. The smallest absolute Gasteiger partial charge is 0.0784 e. The summed E-state index contributed by atoms with van der Waals surface area (Å²) in [6.45, 7) is 12.1. The fraction of sp³-hybridized carbons (Fsp3) is 1.00. The highest BCUT2D eigenvalue weighted by Gasteiger charge is 2.13. The lowest BCUT2D eigenvalue weighted by Gasteiger charge is -2.25. The molecule has 0 amide bonds. The van der Waals surface area contributed by atoms with Crippen LogP contribution in [0.1, 0.15) is 34.6 Å². The average molecular weight is 203 g/mol. The Bertz CT molecular complexity index is 143. The molecule has 2 unspecified atom stereocenters. The summed E-state index contributed by atoms with van der Waals surface area (Å²) in [6, 6.07) is 0. The molecule has 0 radical (unpaired) electrons. The van der Waals surface area contributed by atoms with E-state index in [0.29, 0.717) is 6.61 Å². The Morgan fingerprint density at radius 1 is 1.14 bits per heavy atom. The molecule has 0 aromatic carbocycles. The van der Waals surface area contributed by atoms with E-state index in [1.165, 1.54) is 0 Å². The second-order valence-electron chi connectivity index (χ2n) is 4.84. The first-order chi connectivity index (χ1) is 6.35. The van der Waals surface area contributed by atoms with Crippen molar-refractivity contribution >= 4 is 0 Å². The Balaban J connectivity index is 3.59. The second kappa shape index (κ2) is 6.38. The van der Waals surface area contributed by atoms with Gasteiger partial charge in [-0.1, -0.05) is 0 Å². The highest BCUT2D eigenvalue weighted by Crippen LogP contribution is 2.02. The average Bonchev–Trinajstić information content (AvgIpc) is 2.00. The summed E-state index contributed by atoms with van der Waals surface area (Å²) in [7, 11) is 1.69. The monoisotopic (exact) mass is 203 g/mol. The maximum Gasteiger partial charge on any atom is 0.0784 e. The molecule has 0 aliphatic rings. The molecule has 3 nitrogen and oxygen atoms in total. The lowest BCUT2D eigenvalue weighted by Crippen LogP contribution is -2.41. The summed E-state index contributed by atoms with van der Waals surface area (Å²) in [5, 5.41) is 3.40. The van der Waals surface area contributed by atoms with Crippen LogP contribution in [0.3, 0.4) is 0 Å². The number of hydrogen-bond acceptors (Lipinski definition) is 3. The molecule has 0 aliphatic carbocycles. The van der Waals surface area contributed by atoms with Gasteiger partial charge < -0.3 is 14.8 Å². The van der Waals surface area contributed by atoms with Crippen molar-refractivity contribution in [3.8, 4) is 0 Å². The van der Waals surface area contributed by atoms with E-state index in [0.717, 1.165) is 6.54 Å². The van der Waals surface area contributed by atoms with E-state index in [1.807, 2.05) is 6.92 Å². The molecule has 0 heterocycles. The molecule has 0 aromatic rings. The van der Waals surface area contributed by atoms with Gasteiger partial charge in [-0.15, -0.1) is 0 Å². The summed E-state index contributed by atoms with van der Waals surface area (Å²) in [4.78, 5) is 0. The van der Waals surface area contributed by atoms with E-state index >= 15 is 0 Å². The van der Waals surface area contributed by atoms with Gasteiger partial charge in [0.05, 0.1) is 18.8 Å². The van der Waals surface area contributed by atoms with Crippen LogP contribution < -0.4 is 5.32 Å². The zero-order chi connectivity index (χ0) is 11.2. The first kappa shape index (κ1) is 13.9. The van der Waals surface area contributed by atoms with Gasteiger partial charge in [0.15, 0.2) is 0 Å². The standard InChI is InChI=1S/C11H25NO2/c1-9(7-12-11(3,4)5)14-10(2)8-13-6/h9-10,12H,7-8H2,1-6H3. The molecule has 14 heavy (non-hydrogen) atoms. The van der Waals surface area contributed by atoms with Crippen molar-refractivity contribution in [3.05, 3.63) is 0 Å². The van der Waals surface area contributed by atoms with Crippen molar-refractivity contribution in [2.24, 2.45) is 0 Å². The van der Waals surface area contributed by atoms with Gasteiger partial charge in [-0.05, 0) is 34.6 Å². The molecule has 0 rings (SSSR count). The third-order valence-corrected chi connectivity index (χ3v) is 1.79. The van der Waals surface area contributed by atoms with Crippen LogP contribution in [0.4, 0.5) is 0 Å². The van der Waals surface area contributed by atoms with E-state index in [4.69, 9.17) is 9.47 Å². The Hall–Kier alpha value is -0.120. The zero-order valence-corrected chi connectivity index (χ0v) is 10.4. The maximum atomic E-state index is 5.70. The summed E-state index contributed by atoms with van der Waals surface area (Å²) in [5.41, 5.74) is 0.155. The highest BCUT2D eigenvalue weighted by atomic mass is 16.5. The van der Waals surface area contributed by atoms with Gasteiger partial charge in [0, 0.05) is 19.2 Å². The molecule has 0 aromatic heterocycles. The highest BCUT2D eigenvalue weighted by molar-refractivity contribution is 4.72. The van der Waals surface area contributed by atoms with Gasteiger partial charge in [0.1, 0.15) is 0 Å². The molecule has 3 heteroatoms. The van der Waals surface area contributed by atoms with Crippen LogP contribution in [0.25, 0.3) is 0 Å².